The first-order valence-corrected chi connectivity index (χ1v) is 10.2. The summed E-state index contributed by atoms with van der Waals surface area (Å²) < 4.78 is 24.8. The molecular weight excluding hydrogens is 457 g/mol. The first-order valence-electron chi connectivity index (χ1n) is 8.54. The highest BCUT2D eigenvalue weighted by atomic mass is 127. The molecule has 0 aromatic rings. The molecule has 8 nitrogen and oxygen atoms in total. The van der Waals surface area contributed by atoms with Crippen molar-refractivity contribution in [2.75, 3.05) is 58.6 Å². The fraction of sp³-hybridized carbons (Fsp3) is 0.867. The van der Waals surface area contributed by atoms with E-state index in [1.807, 2.05) is 11.8 Å². The van der Waals surface area contributed by atoms with Crippen LogP contribution in [0, 0.1) is 0 Å². The van der Waals surface area contributed by atoms with E-state index < -0.39 is 10.0 Å². The molecule has 0 bridgehead atoms. The zero-order chi connectivity index (χ0) is 18.2. The molecule has 1 saturated heterocycles. The number of rotatable bonds is 7. The van der Waals surface area contributed by atoms with Crippen molar-refractivity contribution < 1.29 is 13.2 Å². The number of guanidine groups is 1. The van der Waals surface area contributed by atoms with Gasteiger partial charge in [-0.25, -0.2) is 12.7 Å². The second-order valence-electron chi connectivity index (χ2n) is 5.80. The largest absolute Gasteiger partial charge is 0.357 e. The topological polar surface area (TPSA) is 85.3 Å². The fourth-order valence-corrected chi connectivity index (χ4v) is 3.34. The third kappa shape index (κ3) is 8.07. The number of nitrogens with zero attached hydrogens (tertiary/aromatic N) is 4. The summed E-state index contributed by atoms with van der Waals surface area (Å²) in [5.74, 6) is 1.06. The summed E-state index contributed by atoms with van der Waals surface area (Å²) in [6.07, 6.45) is 0.679. The number of carbonyl (C=O) groups is 1. The molecule has 0 radical (unpaired) electrons. The van der Waals surface area contributed by atoms with Crippen LogP contribution in [-0.2, 0) is 14.8 Å². The van der Waals surface area contributed by atoms with Crippen molar-refractivity contribution in [3.63, 3.8) is 0 Å². The molecule has 1 amide bonds. The number of carbonyl (C=O) groups excluding carboxylic acids is 1. The van der Waals surface area contributed by atoms with E-state index in [1.165, 1.54) is 4.31 Å². The summed E-state index contributed by atoms with van der Waals surface area (Å²) in [5.41, 5.74) is 0. The number of nitrogens with one attached hydrogen (secondary N) is 1. The van der Waals surface area contributed by atoms with Gasteiger partial charge in [-0.15, -0.1) is 24.0 Å². The minimum absolute atomic E-state index is 0. The molecule has 25 heavy (non-hydrogen) atoms. The molecule has 0 unspecified atom stereocenters. The van der Waals surface area contributed by atoms with Gasteiger partial charge in [-0.1, -0.05) is 0 Å². The lowest BCUT2D eigenvalue weighted by atomic mass is 10.3. The second-order valence-corrected chi connectivity index (χ2v) is 8.17. The Hall–Kier alpha value is -0.620. The molecule has 0 saturated carbocycles. The van der Waals surface area contributed by atoms with Crippen LogP contribution in [0.25, 0.3) is 0 Å². The van der Waals surface area contributed by atoms with Crippen molar-refractivity contribution >= 4 is 45.9 Å². The molecule has 1 heterocycles. The molecule has 1 aliphatic rings. The van der Waals surface area contributed by atoms with Gasteiger partial charge in [0.05, 0.1) is 5.75 Å². The van der Waals surface area contributed by atoms with E-state index in [4.69, 9.17) is 0 Å². The van der Waals surface area contributed by atoms with E-state index in [9.17, 15) is 13.2 Å². The summed E-state index contributed by atoms with van der Waals surface area (Å²) >= 11 is 0. The number of hydrogen-bond donors (Lipinski definition) is 1. The van der Waals surface area contributed by atoms with Gasteiger partial charge in [0, 0.05) is 59.8 Å². The zero-order valence-electron chi connectivity index (χ0n) is 15.7. The predicted octanol–water partition coefficient (Wildman–Crippen LogP) is 0.406. The molecule has 1 aliphatic heterocycles. The van der Waals surface area contributed by atoms with Crippen LogP contribution in [0.3, 0.4) is 0 Å². The van der Waals surface area contributed by atoms with Crippen LogP contribution in [0.5, 0.6) is 0 Å². The van der Waals surface area contributed by atoms with Crippen LogP contribution in [-0.4, -0.2) is 93.0 Å². The van der Waals surface area contributed by atoms with Crippen LogP contribution >= 0.6 is 24.0 Å². The first-order chi connectivity index (χ1) is 11.3. The number of amides is 1. The van der Waals surface area contributed by atoms with Crippen LogP contribution in [0.2, 0.25) is 0 Å². The fourth-order valence-electron chi connectivity index (χ4n) is 2.50. The highest BCUT2D eigenvalue weighted by Gasteiger charge is 2.20. The average molecular weight is 489 g/mol. The van der Waals surface area contributed by atoms with Crippen molar-refractivity contribution in [1.29, 1.82) is 0 Å². The number of halogens is 1. The third-order valence-electron chi connectivity index (χ3n) is 4.09. The molecule has 1 N–H and O–H groups in total. The van der Waals surface area contributed by atoms with E-state index in [-0.39, 0.29) is 35.6 Å². The van der Waals surface area contributed by atoms with Crippen molar-refractivity contribution in [3.05, 3.63) is 0 Å². The summed E-state index contributed by atoms with van der Waals surface area (Å²) in [4.78, 5) is 20.0. The smallest absolute Gasteiger partial charge is 0.219 e. The van der Waals surface area contributed by atoms with Gasteiger partial charge in [0.25, 0.3) is 0 Å². The maximum atomic E-state index is 11.7. The summed E-state index contributed by atoms with van der Waals surface area (Å²) in [7, 11) is -1.52. The van der Waals surface area contributed by atoms with Crippen molar-refractivity contribution in [2.24, 2.45) is 4.99 Å². The minimum atomic E-state index is -3.12. The van der Waals surface area contributed by atoms with Gasteiger partial charge in [-0.2, -0.15) is 0 Å². The molecule has 0 aliphatic carbocycles. The molecule has 148 valence electrons. The Kier molecular flexibility index (Phi) is 11.6. The third-order valence-corrected chi connectivity index (χ3v) is 5.95. The summed E-state index contributed by atoms with van der Waals surface area (Å²) in [6.45, 7) is 10.00. The number of sulfonamides is 1. The maximum Gasteiger partial charge on any atom is 0.219 e. The standard InChI is InChI=1S/C15H31N5O3S.HI/c1-5-16-15(20-12-10-19(11-13-20)14(3)21)17-8-7-9-18(4)24(22,23)6-2;/h5-13H2,1-4H3,(H,16,17);1H. The Bertz CT molecular complexity index is 533. The Labute approximate surface area is 169 Å². The van der Waals surface area contributed by atoms with E-state index in [1.54, 1.807) is 20.9 Å². The van der Waals surface area contributed by atoms with Gasteiger partial charge >= 0.3 is 0 Å². The van der Waals surface area contributed by atoms with Crippen LogP contribution < -0.4 is 5.32 Å². The van der Waals surface area contributed by atoms with Gasteiger partial charge in [-0.05, 0) is 20.3 Å². The highest BCUT2D eigenvalue weighted by Crippen LogP contribution is 2.04. The monoisotopic (exact) mass is 489 g/mol. The summed E-state index contributed by atoms with van der Waals surface area (Å²) in [5, 5.41) is 3.27. The van der Waals surface area contributed by atoms with Crippen LogP contribution in [0.15, 0.2) is 4.99 Å². The molecule has 0 aromatic carbocycles. The van der Waals surface area contributed by atoms with Gasteiger partial charge < -0.3 is 15.1 Å². The SMILES string of the molecule is CCNC(=NCCCN(C)S(=O)(=O)CC)N1CCN(C(C)=O)CC1.I. The molecule has 0 atom stereocenters. The number of hydrogen-bond acceptors (Lipinski definition) is 4. The molecule has 0 aromatic heterocycles. The minimum Gasteiger partial charge on any atom is -0.357 e. The molecule has 10 heteroatoms. The van der Waals surface area contributed by atoms with Crippen molar-refractivity contribution in [3.8, 4) is 0 Å². The van der Waals surface area contributed by atoms with Gasteiger partial charge in [0.15, 0.2) is 5.96 Å². The Balaban J connectivity index is 0.00000576. The first kappa shape index (κ1) is 24.4. The second kappa shape index (κ2) is 11.9. The van der Waals surface area contributed by atoms with Crippen molar-refractivity contribution in [1.82, 2.24) is 19.4 Å². The van der Waals surface area contributed by atoms with Gasteiger partial charge in [0.2, 0.25) is 15.9 Å². The number of piperazine rings is 1. The van der Waals surface area contributed by atoms with E-state index in [0.29, 0.717) is 32.6 Å². The lowest BCUT2D eigenvalue weighted by molar-refractivity contribution is -0.130. The normalized spacial score (nSPS) is 16.0. The predicted molar refractivity (Wildman–Crippen MR) is 112 cm³/mol. The van der Waals surface area contributed by atoms with Crippen LogP contribution in [0.4, 0.5) is 0 Å². The van der Waals surface area contributed by atoms with Gasteiger partial charge in [0.1, 0.15) is 0 Å². The lowest BCUT2D eigenvalue weighted by Crippen LogP contribution is -2.53. The molecular formula is C15H32IN5O3S. The lowest BCUT2D eigenvalue weighted by Gasteiger charge is -2.36. The van der Waals surface area contributed by atoms with E-state index in [0.717, 1.165) is 25.6 Å². The Morgan fingerprint density at radius 2 is 1.72 bits per heavy atom. The Morgan fingerprint density at radius 1 is 1.16 bits per heavy atom. The molecule has 1 fully saturated rings. The average Bonchev–Trinajstić information content (AvgIpc) is 2.57. The highest BCUT2D eigenvalue weighted by molar-refractivity contribution is 14.0. The maximum absolute atomic E-state index is 11.7. The van der Waals surface area contributed by atoms with E-state index >= 15 is 0 Å². The van der Waals surface area contributed by atoms with Gasteiger partial charge in [-0.3, -0.25) is 9.79 Å². The zero-order valence-corrected chi connectivity index (χ0v) is 18.8. The van der Waals surface area contributed by atoms with Crippen LogP contribution in [0.1, 0.15) is 27.2 Å². The van der Waals surface area contributed by atoms with E-state index in [2.05, 4.69) is 15.2 Å². The number of aliphatic imine (C=N–C) groups is 1. The summed E-state index contributed by atoms with van der Waals surface area (Å²) in [6, 6.07) is 0. The molecule has 1 rings (SSSR count). The Morgan fingerprint density at radius 3 is 2.20 bits per heavy atom. The quantitative estimate of drug-likeness (QED) is 0.242. The van der Waals surface area contributed by atoms with Crippen molar-refractivity contribution in [2.45, 2.75) is 27.2 Å². The molecule has 0 spiro atoms.